The molecule has 0 aliphatic carbocycles. The van der Waals surface area contributed by atoms with E-state index in [9.17, 15) is 0 Å². The maximum atomic E-state index is 6.23. The van der Waals surface area contributed by atoms with Crippen LogP contribution in [0.1, 0.15) is 26.5 Å². The molecule has 1 heterocycles. The Morgan fingerprint density at radius 3 is 2.17 bits per heavy atom. The predicted octanol–water partition coefficient (Wildman–Crippen LogP) is 3.57. The van der Waals surface area contributed by atoms with Crippen LogP contribution in [-0.2, 0) is 5.41 Å². The first kappa shape index (κ1) is 12.6. The van der Waals surface area contributed by atoms with Gasteiger partial charge in [-0.2, -0.15) is 0 Å². The van der Waals surface area contributed by atoms with Crippen LogP contribution in [0.3, 0.4) is 0 Å². The second-order valence-corrected chi connectivity index (χ2v) is 5.47. The fourth-order valence-electron chi connectivity index (χ4n) is 2.06. The summed E-state index contributed by atoms with van der Waals surface area (Å²) < 4.78 is 5.16. The molecule has 0 bridgehead atoms. The number of methoxy groups -OCH3 is 1. The van der Waals surface area contributed by atoms with Gasteiger partial charge in [-0.1, -0.05) is 32.9 Å². The van der Waals surface area contributed by atoms with Crippen molar-refractivity contribution in [2.24, 2.45) is 0 Å². The lowest BCUT2D eigenvalue weighted by molar-refractivity contribution is 0.415. The van der Waals surface area contributed by atoms with Crippen molar-refractivity contribution in [1.29, 1.82) is 0 Å². The van der Waals surface area contributed by atoms with E-state index in [0.29, 0.717) is 0 Å². The van der Waals surface area contributed by atoms with Gasteiger partial charge in [0.1, 0.15) is 5.75 Å². The Labute approximate surface area is 108 Å². The summed E-state index contributed by atoms with van der Waals surface area (Å²) in [4.78, 5) is 3.28. The highest BCUT2D eigenvalue weighted by Crippen LogP contribution is 2.35. The number of nitrogens with two attached hydrogens (primary N) is 1. The maximum Gasteiger partial charge on any atom is 0.118 e. The number of aromatic nitrogens is 1. The number of rotatable bonds is 2. The Hall–Kier alpha value is -1.90. The van der Waals surface area contributed by atoms with Crippen LogP contribution in [0.15, 0.2) is 30.5 Å². The van der Waals surface area contributed by atoms with Crippen molar-refractivity contribution < 1.29 is 4.74 Å². The van der Waals surface area contributed by atoms with Gasteiger partial charge in [-0.05, 0) is 17.7 Å². The quantitative estimate of drug-likeness (QED) is 0.848. The van der Waals surface area contributed by atoms with Crippen molar-refractivity contribution in [1.82, 2.24) is 4.98 Å². The van der Waals surface area contributed by atoms with Crippen molar-refractivity contribution in [3.63, 3.8) is 0 Å². The maximum absolute atomic E-state index is 6.23. The molecule has 3 nitrogen and oxygen atoms in total. The smallest absolute Gasteiger partial charge is 0.118 e. The minimum absolute atomic E-state index is 0.0226. The monoisotopic (exact) mass is 244 g/mol. The molecular formula is C15H20N2O. The van der Waals surface area contributed by atoms with Crippen LogP contribution < -0.4 is 10.5 Å². The lowest BCUT2D eigenvalue weighted by atomic mass is 9.90. The molecule has 3 N–H and O–H groups in total. The number of nitrogen functional groups attached to an aromatic ring is 1. The van der Waals surface area contributed by atoms with Gasteiger partial charge in [0, 0.05) is 22.9 Å². The molecule has 1 aromatic heterocycles. The summed E-state index contributed by atoms with van der Waals surface area (Å²) in [7, 11) is 1.66. The van der Waals surface area contributed by atoms with E-state index in [-0.39, 0.29) is 5.41 Å². The Balaban J connectivity index is 2.42. The summed E-state index contributed by atoms with van der Waals surface area (Å²) in [6.07, 6.45) is 1.97. The van der Waals surface area contributed by atoms with E-state index < -0.39 is 0 Å². The van der Waals surface area contributed by atoms with E-state index in [1.165, 1.54) is 0 Å². The first-order valence-corrected chi connectivity index (χ1v) is 6.05. The minimum Gasteiger partial charge on any atom is -0.497 e. The second-order valence-electron chi connectivity index (χ2n) is 5.47. The highest BCUT2D eigenvalue weighted by atomic mass is 16.5. The summed E-state index contributed by atoms with van der Waals surface area (Å²) in [5.74, 6) is 0.851. The highest BCUT2D eigenvalue weighted by molar-refractivity contribution is 5.78. The second kappa shape index (κ2) is 4.41. The lowest BCUT2D eigenvalue weighted by Gasteiger charge is -2.18. The molecule has 2 rings (SSSR count). The Bertz CT molecular complexity index is 533. The Morgan fingerprint density at radius 1 is 1.11 bits per heavy atom. The SMILES string of the molecule is COc1ccc(-c2c[nH]c(C(C)(C)C)c2N)cc1. The molecule has 0 atom stereocenters. The third-order valence-electron chi connectivity index (χ3n) is 3.07. The summed E-state index contributed by atoms with van der Waals surface area (Å²) in [6, 6.07) is 7.92. The topological polar surface area (TPSA) is 51.0 Å². The fourth-order valence-corrected chi connectivity index (χ4v) is 2.06. The number of H-pyrrole nitrogens is 1. The van der Waals surface area contributed by atoms with Gasteiger partial charge in [0.05, 0.1) is 12.8 Å². The van der Waals surface area contributed by atoms with Crippen molar-refractivity contribution in [2.75, 3.05) is 12.8 Å². The zero-order valence-corrected chi connectivity index (χ0v) is 11.4. The van der Waals surface area contributed by atoms with E-state index >= 15 is 0 Å². The molecule has 0 fully saturated rings. The summed E-state index contributed by atoms with van der Waals surface area (Å²) >= 11 is 0. The first-order chi connectivity index (χ1) is 8.43. The Kier molecular flexibility index (Phi) is 3.07. The van der Waals surface area contributed by atoms with E-state index in [1.54, 1.807) is 7.11 Å². The molecule has 0 radical (unpaired) electrons. The van der Waals surface area contributed by atoms with Gasteiger partial charge in [0.2, 0.25) is 0 Å². The van der Waals surface area contributed by atoms with Crippen LogP contribution >= 0.6 is 0 Å². The normalized spacial score (nSPS) is 11.6. The Morgan fingerprint density at radius 2 is 1.72 bits per heavy atom. The zero-order valence-electron chi connectivity index (χ0n) is 11.4. The molecule has 18 heavy (non-hydrogen) atoms. The number of nitrogens with one attached hydrogen (secondary N) is 1. The number of aromatic amines is 1. The van der Waals surface area contributed by atoms with E-state index in [0.717, 1.165) is 28.3 Å². The number of ether oxygens (including phenoxy) is 1. The summed E-state index contributed by atoms with van der Waals surface area (Å²) in [5.41, 5.74) is 10.3. The highest BCUT2D eigenvalue weighted by Gasteiger charge is 2.21. The summed E-state index contributed by atoms with van der Waals surface area (Å²) in [5, 5.41) is 0. The molecule has 2 aromatic rings. The van der Waals surface area contributed by atoms with Crippen molar-refractivity contribution >= 4 is 5.69 Å². The van der Waals surface area contributed by atoms with Crippen LogP contribution in [0.5, 0.6) is 5.75 Å². The number of hydrogen-bond acceptors (Lipinski definition) is 2. The van der Waals surface area contributed by atoms with Crippen molar-refractivity contribution in [2.45, 2.75) is 26.2 Å². The van der Waals surface area contributed by atoms with E-state index in [4.69, 9.17) is 10.5 Å². The minimum atomic E-state index is 0.0226. The first-order valence-electron chi connectivity index (χ1n) is 6.05. The molecular weight excluding hydrogens is 224 g/mol. The third kappa shape index (κ3) is 2.21. The third-order valence-corrected chi connectivity index (χ3v) is 3.07. The molecule has 0 saturated heterocycles. The molecule has 0 amide bonds. The van der Waals surface area contributed by atoms with Crippen LogP contribution in [0.25, 0.3) is 11.1 Å². The van der Waals surface area contributed by atoms with Gasteiger partial charge in [-0.25, -0.2) is 0 Å². The lowest BCUT2D eigenvalue weighted by Crippen LogP contribution is -2.13. The van der Waals surface area contributed by atoms with Gasteiger partial charge in [0.25, 0.3) is 0 Å². The van der Waals surface area contributed by atoms with Gasteiger partial charge in [-0.15, -0.1) is 0 Å². The molecule has 96 valence electrons. The van der Waals surface area contributed by atoms with Crippen LogP contribution in [0.4, 0.5) is 5.69 Å². The fraction of sp³-hybridized carbons (Fsp3) is 0.333. The average Bonchev–Trinajstić information content (AvgIpc) is 2.71. The molecule has 0 saturated carbocycles. The molecule has 3 heteroatoms. The average molecular weight is 244 g/mol. The van der Waals surface area contributed by atoms with Crippen molar-refractivity contribution in [3.8, 4) is 16.9 Å². The van der Waals surface area contributed by atoms with Gasteiger partial charge in [-0.3, -0.25) is 0 Å². The number of hydrogen-bond donors (Lipinski definition) is 2. The van der Waals surface area contributed by atoms with E-state index in [1.807, 2.05) is 30.5 Å². The van der Waals surface area contributed by atoms with Gasteiger partial charge in [0.15, 0.2) is 0 Å². The zero-order chi connectivity index (χ0) is 13.3. The molecule has 1 aromatic carbocycles. The standard InChI is InChI=1S/C15H20N2O/c1-15(2,3)14-13(16)12(9-17-14)10-5-7-11(18-4)8-6-10/h5-9,17H,16H2,1-4H3. The predicted molar refractivity (Wildman–Crippen MR) is 75.9 cm³/mol. The van der Waals surface area contributed by atoms with Gasteiger partial charge < -0.3 is 15.5 Å². The van der Waals surface area contributed by atoms with E-state index in [2.05, 4.69) is 25.8 Å². The van der Waals surface area contributed by atoms with Crippen LogP contribution in [0.2, 0.25) is 0 Å². The van der Waals surface area contributed by atoms with Crippen LogP contribution in [0, 0.1) is 0 Å². The molecule has 0 aliphatic rings. The summed E-state index contributed by atoms with van der Waals surface area (Å²) in [6.45, 7) is 6.44. The number of benzene rings is 1. The molecule has 0 aliphatic heterocycles. The molecule has 0 unspecified atom stereocenters. The van der Waals surface area contributed by atoms with Crippen LogP contribution in [-0.4, -0.2) is 12.1 Å². The molecule has 0 spiro atoms. The van der Waals surface area contributed by atoms with Gasteiger partial charge >= 0.3 is 0 Å². The van der Waals surface area contributed by atoms with Crippen molar-refractivity contribution in [3.05, 3.63) is 36.2 Å². The largest absolute Gasteiger partial charge is 0.497 e. The number of anilines is 1.